The van der Waals surface area contributed by atoms with E-state index in [0.717, 1.165) is 49.2 Å². The van der Waals surface area contributed by atoms with Gasteiger partial charge in [-0.25, -0.2) is 19.9 Å². The molecule has 0 saturated carbocycles. The third kappa shape index (κ3) is 12.0. The van der Waals surface area contributed by atoms with Crippen LogP contribution in [-0.4, -0.2) is 47.8 Å². The number of hydrogen-bond acceptors (Lipinski definition) is 7. The van der Waals surface area contributed by atoms with Crippen molar-refractivity contribution in [3.8, 4) is 90.6 Å². The summed E-state index contributed by atoms with van der Waals surface area (Å²) < 4.78 is 10.5. The molecule has 3 N–H and O–H groups in total. The highest BCUT2D eigenvalue weighted by Crippen LogP contribution is 2.45. The van der Waals surface area contributed by atoms with Crippen molar-refractivity contribution >= 4 is 171 Å². The molecule has 116 heavy (non-hydrogen) atoms. The van der Waals surface area contributed by atoms with Crippen molar-refractivity contribution in [1.82, 2.24) is 54.0 Å². The Morgan fingerprint density at radius 3 is 0.716 bits per heavy atom. The van der Waals surface area contributed by atoms with Gasteiger partial charge in [0.15, 0.2) is 29.1 Å². The van der Waals surface area contributed by atoms with Crippen molar-refractivity contribution in [2.24, 2.45) is 0 Å². The number of aromatic nitrogens is 10. The van der Waals surface area contributed by atoms with E-state index in [0.29, 0.717) is 29.1 Å². The van der Waals surface area contributed by atoms with E-state index in [1.54, 1.807) is 0 Å². The molecule has 8 aromatic heterocycles. The maximum absolute atomic E-state index is 6.23. The first-order valence-electron chi connectivity index (χ1n) is 38.0. The molecule has 16 aromatic carbocycles. The van der Waals surface area contributed by atoms with E-state index in [1.807, 2.05) is 72.8 Å². The molecule has 0 atom stereocenters. The molecule has 14 heteroatoms. The van der Waals surface area contributed by atoms with Crippen LogP contribution in [0.5, 0.6) is 0 Å². The van der Waals surface area contributed by atoms with Gasteiger partial charge in [-0.05, 0) is 167 Å². The molecule has 0 radical (unpaired) electrons. The fourth-order valence-electron chi connectivity index (χ4n) is 17.2. The SMILES string of the molecule is Brc1ccc(-c2cc3c4ccccc4n4c5ccccc5c(c2)c34)cc1.Clc1nc(-c2ccccc2)nc(-c2ccc(-n3c4ccccc4c4ccccc43)cc2)n1.I.N.c1ccc(-c2nc(-c3ccc(-c4cc5c6ccccc6n6c7ccccc7c(c4)c56)cc3)nc(-c3ccc(-n4c5ccccc5c5ccccc54)cc3)n2)cc1. The summed E-state index contributed by atoms with van der Waals surface area (Å²) in [6, 6.07) is 132. The summed E-state index contributed by atoms with van der Waals surface area (Å²) in [5.74, 6) is 3.03. The summed E-state index contributed by atoms with van der Waals surface area (Å²) in [6.07, 6.45) is 0. The molecule has 0 aliphatic rings. The van der Waals surface area contributed by atoms with Gasteiger partial charge in [0.1, 0.15) is 0 Å². The predicted octanol–water partition coefficient (Wildman–Crippen LogP) is 27.8. The van der Waals surface area contributed by atoms with Crippen LogP contribution < -0.4 is 6.15 Å². The summed E-state index contributed by atoms with van der Waals surface area (Å²) in [4.78, 5) is 28.4. The fraction of sp³-hybridized carbons (Fsp3) is 0. The van der Waals surface area contributed by atoms with E-state index in [2.05, 4.69) is 352 Å². The molecule has 11 nitrogen and oxygen atoms in total. The number of hydrogen-bond donors (Lipinski definition) is 1. The van der Waals surface area contributed by atoms with Gasteiger partial charge in [0.2, 0.25) is 5.28 Å². The highest BCUT2D eigenvalue weighted by atomic mass is 127. The average Bonchev–Trinajstić information content (AvgIpc) is 1.55. The monoisotopic (exact) mass is 1690 g/mol. The first-order chi connectivity index (χ1) is 56.3. The highest BCUT2D eigenvalue weighted by Gasteiger charge is 2.23. The second-order valence-corrected chi connectivity index (χ2v) is 30.0. The van der Waals surface area contributed by atoms with Crippen molar-refractivity contribution in [2.75, 3.05) is 0 Å². The molecule has 0 unspecified atom stereocenters. The second kappa shape index (κ2) is 29.3. The topological polar surface area (TPSA) is 131 Å². The minimum Gasteiger partial charge on any atom is -0.344 e. The average molecular weight is 1690 g/mol. The Bertz CT molecular complexity index is 7590. The molecule has 0 bridgehead atoms. The van der Waals surface area contributed by atoms with Crippen LogP contribution in [0.1, 0.15) is 0 Å². The molecular weight excluding hydrogens is 1620 g/mol. The van der Waals surface area contributed by atoms with Crippen LogP contribution in [0.2, 0.25) is 5.28 Å². The van der Waals surface area contributed by atoms with Crippen LogP contribution in [0.15, 0.2) is 381 Å². The lowest BCUT2D eigenvalue weighted by Crippen LogP contribution is -2.00. The number of fused-ring (bicyclic) bond motifs is 18. The minimum absolute atomic E-state index is 0. The second-order valence-electron chi connectivity index (χ2n) is 28.8. The number of benzene rings is 16. The molecule has 0 saturated heterocycles. The molecule has 0 aliphatic carbocycles. The summed E-state index contributed by atoms with van der Waals surface area (Å²) in [7, 11) is 0. The molecule has 24 rings (SSSR count). The normalized spacial score (nSPS) is 11.6. The molecule has 0 fully saturated rings. The minimum atomic E-state index is 0. The van der Waals surface area contributed by atoms with E-state index >= 15 is 0 Å². The Morgan fingerprint density at radius 1 is 0.207 bits per heavy atom. The van der Waals surface area contributed by atoms with Crippen LogP contribution in [0.4, 0.5) is 0 Å². The molecule has 8 heterocycles. The van der Waals surface area contributed by atoms with E-state index in [-0.39, 0.29) is 35.4 Å². The molecule has 550 valence electrons. The van der Waals surface area contributed by atoms with E-state index < -0.39 is 0 Å². The van der Waals surface area contributed by atoms with Crippen molar-refractivity contribution < 1.29 is 0 Å². The van der Waals surface area contributed by atoms with E-state index in [4.69, 9.17) is 26.6 Å². The Hall–Kier alpha value is -13.8. The van der Waals surface area contributed by atoms with Gasteiger partial charge in [-0.15, -0.1) is 24.0 Å². The van der Waals surface area contributed by atoms with E-state index in [1.165, 1.54) is 136 Å². The van der Waals surface area contributed by atoms with Gasteiger partial charge in [0, 0.05) is 108 Å². The first-order valence-corrected chi connectivity index (χ1v) is 39.2. The summed E-state index contributed by atoms with van der Waals surface area (Å²) in [5.41, 5.74) is 24.0. The van der Waals surface area contributed by atoms with Crippen LogP contribution in [-0.2, 0) is 0 Å². The van der Waals surface area contributed by atoms with Gasteiger partial charge in [0.05, 0.1) is 55.2 Å². The maximum Gasteiger partial charge on any atom is 0.226 e. The maximum atomic E-state index is 6.23. The Morgan fingerprint density at radius 2 is 0.422 bits per heavy atom. The van der Waals surface area contributed by atoms with Gasteiger partial charge >= 0.3 is 0 Å². The predicted molar refractivity (Wildman–Crippen MR) is 495 cm³/mol. The van der Waals surface area contributed by atoms with Crippen molar-refractivity contribution in [3.05, 3.63) is 386 Å². The van der Waals surface area contributed by atoms with Crippen molar-refractivity contribution in [3.63, 3.8) is 0 Å². The lowest BCUT2D eigenvalue weighted by atomic mass is 9.98. The number of rotatable bonds is 9. The van der Waals surface area contributed by atoms with Gasteiger partial charge in [0.25, 0.3) is 0 Å². The zero-order chi connectivity index (χ0) is 75.5. The van der Waals surface area contributed by atoms with Crippen molar-refractivity contribution in [2.45, 2.75) is 0 Å². The molecular formula is C102H66BrClIN11. The van der Waals surface area contributed by atoms with Crippen LogP contribution in [0.3, 0.4) is 0 Å². The Labute approximate surface area is 696 Å². The summed E-state index contributed by atoms with van der Waals surface area (Å²) in [5, 5.41) is 15.5. The van der Waals surface area contributed by atoms with Gasteiger partial charge in [-0.2, -0.15) is 9.97 Å². The first kappa shape index (κ1) is 71.3. The fourth-order valence-corrected chi connectivity index (χ4v) is 17.6. The largest absolute Gasteiger partial charge is 0.344 e. The smallest absolute Gasteiger partial charge is 0.226 e. The lowest BCUT2D eigenvalue weighted by Gasteiger charge is -2.11. The highest BCUT2D eigenvalue weighted by molar-refractivity contribution is 14.0. The van der Waals surface area contributed by atoms with Gasteiger partial charge in [-0.3, -0.25) is 0 Å². The molecule has 0 aliphatic heterocycles. The molecule has 0 spiro atoms. The summed E-state index contributed by atoms with van der Waals surface area (Å²) >= 11 is 9.77. The van der Waals surface area contributed by atoms with Crippen LogP contribution in [0, 0.1) is 0 Å². The van der Waals surface area contributed by atoms with E-state index in [9.17, 15) is 0 Å². The van der Waals surface area contributed by atoms with Crippen LogP contribution in [0.25, 0.3) is 210 Å². The van der Waals surface area contributed by atoms with Crippen LogP contribution >= 0.6 is 51.5 Å². The molecule has 0 amide bonds. The number of para-hydroxylation sites is 8. The quantitative estimate of drug-likeness (QED) is 0.142. The number of nitrogens with zero attached hydrogens (tertiary/aromatic N) is 10. The van der Waals surface area contributed by atoms with Crippen molar-refractivity contribution in [1.29, 1.82) is 0 Å². The number of halogens is 3. The van der Waals surface area contributed by atoms with Gasteiger partial charge < -0.3 is 24.1 Å². The molecule has 24 aromatic rings. The standard InChI is InChI=1S/C51H31N5.C27H17ClN4.C24H14BrN.HI.H3N/c1-2-12-33(13-3-1)49-52-50(54-51(53-49)35-26-28-37(29-27-35)55-44-18-8-4-14-38(44)39-15-5-9-19-45(39)55)34-24-22-32(23-25-34)36-30-42-40-16-6-10-20-46(40)56-47-21-11-7-17-41(47)43(31-36)48(42)56;28-27-30-25(18-8-2-1-3-9-18)29-26(31-27)19-14-16-20(17-15-19)32-23-12-6-4-10-21(23)22-11-5-7-13-24(22)32;25-17-11-9-15(10-12-17)16-13-20-18-5-1-3-7-22(18)26-23-8-4-2-6-19(23)21(14-16)24(20)26;;/h1-31H;1-17H;1-14H;1H;1H3. The Balaban J connectivity index is 0.000000122. The zero-order valence-corrected chi connectivity index (χ0v) is 66.8. The lowest BCUT2D eigenvalue weighted by molar-refractivity contribution is 1.06. The zero-order valence-electron chi connectivity index (χ0n) is 62.1. The Kier molecular flexibility index (Phi) is 18.0. The third-order valence-corrected chi connectivity index (χ3v) is 23.0. The third-order valence-electron chi connectivity index (χ3n) is 22.3. The summed E-state index contributed by atoms with van der Waals surface area (Å²) in [6.45, 7) is 0. The van der Waals surface area contributed by atoms with Gasteiger partial charge in [-0.1, -0.05) is 259 Å².